The third-order valence-electron chi connectivity index (χ3n) is 3.89. The van der Waals surface area contributed by atoms with E-state index in [1.54, 1.807) is 0 Å². The zero-order valence-corrected chi connectivity index (χ0v) is 13.4. The average molecular weight is 337 g/mol. The van der Waals surface area contributed by atoms with Gasteiger partial charge in [0.05, 0.1) is 10.6 Å². The van der Waals surface area contributed by atoms with Gasteiger partial charge in [-0.15, -0.1) is 0 Å². The van der Waals surface area contributed by atoms with Crippen LogP contribution in [-0.2, 0) is 6.18 Å². The molecule has 2 rings (SSSR count). The molecule has 0 saturated carbocycles. The molecule has 4 nitrogen and oxygen atoms in total. The third kappa shape index (κ3) is 4.47. The van der Waals surface area contributed by atoms with Gasteiger partial charge in [0.25, 0.3) is 0 Å². The van der Waals surface area contributed by atoms with Crippen molar-refractivity contribution in [2.45, 2.75) is 19.1 Å². The molecular formula is C14H20ClF3N4. The van der Waals surface area contributed by atoms with Crippen LogP contribution in [0.1, 0.15) is 12.5 Å². The maximum Gasteiger partial charge on any atom is 0.417 e. The maximum atomic E-state index is 12.6. The van der Waals surface area contributed by atoms with Crippen LogP contribution in [0.25, 0.3) is 0 Å². The molecule has 2 heterocycles. The number of likely N-dealkylation sites (N-methyl/N-ethyl adjacent to an activating group) is 1. The molecular weight excluding hydrogens is 317 g/mol. The van der Waals surface area contributed by atoms with Crippen molar-refractivity contribution in [1.82, 2.24) is 14.8 Å². The second kappa shape index (κ2) is 7.02. The van der Waals surface area contributed by atoms with E-state index in [2.05, 4.69) is 34.1 Å². The third-order valence-corrected chi connectivity index (χ3v) is 4.18. The first-order chi connectivity index (χ1) is 10.3. The fraction of sp³-hybridized carbons (Fsp3) is 0.643. The van der Waals surface area contributed by atoms with Crippen LogP contribution in [0.15, 0.2) is 12.3 Å². The Balaban J connectivity index is 1.91. The monoisotopic (exact) mass is 336 g/mol. The number of piperazine rings is 1. The molecule has 1 fully saturated rings. The van der Waals surface area contributed by atoms with Crippen molar-refractivity contribution in [2.24, 2.45) is 0 Å². The summed E-state index contributed by atoms with van der Waals surface area (Å²) in [7, 11) is 2.09. The number of hydrogen-bond acceptors (Lipinski definition) is 4. The summed E-state index contributed by atoms with van der Waals surface area (Å²) in [5, 5.41) is 3.02. The van der Waals surface area contributed by atoms with Crippen LogP contribution in [0.4, 0.5) is 19.0 Å². The van der Waals surface area contributed by atoms with Gasteiger partial charge in [0.15, 0.2) is 0 Å². The summed E-state index contributed by atoms with van der Waals surface area (Å²) < 4.78 is 37.7. The Morgan fingerprint density at radius 2 is 1.95 bits per heavy atom. The van der Waals surface area contributed by atoms with Gasteiger partial charge in [-0.2, -0.15) is 13.2 Å². The molecule has 8 heteroatoms. The summed E-state index contributed by atoms with van der Waals surface area (Å²) in [5.41, 5.74) is -0.838. The van der Waals surface area contributed by atoms with Crippen molar-refractivity contribution in [1.29, 1.82) is 0 Å². The van der Waals surface area contributed by atoms with E-state index in [0.717, 1.165) is 38.4 Å². The van der Waals surface area contributed by atoms with Crippen molar-refractivity contribution < 1.29 is 13.2 Å². The van der Waals surface area contributed by atoms with E-state index >= 15 is 0 Å². The molecule has 0 spiro atoms. The second-order valence-corrected chi connectivity index (χ2v) is 6.03. The van der Waals surface area contributed by atoms with E-state index in [1.807, 2.05) is 0 Å². The lowest BCUT2D eigenvalue weighted by atomic mass is 10.2. The van der Waals surface area contributed by atoms with Crippen LogP contribution in [0.3, 0.4) is 0 Å². The topological polar surface area (TPSA) is 31.4 Å². The largest absolute Gasteiger partial charge is 0.417 e. The van der Waals surface area contributed by atoms with Crippen molar-refractivity contribution in [3.8, 4) is 0 Å². The number of hydrogen-bond donors (Lipinski definition) is 1. The van der Waals surface area contributed by atoms with E-state index < -0.39 is 11.7 Å². The Morgan fingerprint density at radius 3 is 2.50 bits per heavy atom. The summed E-state index contributed by atoms with van der Waals surface area (Å²) in [5.74, 6) is 0.288. The van der Waals surface area contributed by atoms with E-state index in [0.29, 0.717) is 6.54 Å². The van der Waals surface area contributed by atoms with Crippen molar-refractivity contribution in [3.05, 3.63) is 22.8 Å². The first-order valence-corrected chi connectivity index (χ1v) is 7.54. The zero-order chi connectivity index (χ0) is 16.3. The molecule has 0 amide bonds. The summed E-state index contributed by atoms with van der Waals surface area (Å²) >= 11 is 5.88. The van der Waals surface area contributed by atoms with Gasteiger partial charge in [-0.25, -0.2) is 4.98 Å². The first-order valence-electron chi connectivity index (χ1n) is 7.16. The smallest absolute Gasteiger partial charge is 0.367 e. The van der Waals surface area contributed by atoms with E-state index in [-0.39, 0.29) is 16.9 Å². The highest BCUT2D eigenvalue weighted by atomic mass is 35.5. The SMILES string of the molecule is C[C@H](CNc1ncc(C(F)(F)F)cc1Cl)N1CCN(C)CC1. The van der Waals surface area contributed by atoms with Crippen LogP contribution in [0.5, 0.6) is 0 Å². The summed E-state index contributed by atoms with van der Waals surface area (Å²) in [6.07, 6.45) is -3.63. The molecule has 22 heavy (non-hydrogen) atoms. The normalized spacial score (nSPS) is 19.2. The number of nitrogens with zero attached hydrogens (tertiary/aromatic N) is 3. The maximum absolute atomic E-state index is 12.6. The lowest BCUT2D eigenvalue weighted by Crippen LogP contribution is -2.49. The standard InChI is InChI=1S/C14H20ClF3N4/c1-10(22-5-3-21(2)4-6-22)8-19-13-12(15)7-11(9-20-13)14(16,17)18/h7,9-10H,3-6,8H2,1-2H3,(H,19,20)/t10-/m1/s1. The Hall–Kier alpha value is -1.05. The summed E-state index contributed by atoms with van der Waals surface area (Å²) in [6, 6.07) is 1.16. The van der Waals surface area contributed by atoms with Crippen molar-refractivity contribution in [2.75, 3.05) is 45.1 Å². The molecule has 0 bridgehead atoms. The quantitative estimate of drug-likeness (QED) is 0.916. The lowest BCUT2D eigenvalue weighted by molar-refractivity contribution is -0.137. The lowest BCUT2D eigenvalue weighted by Gasteiger charge is -2.36. The number of anilines is 1. The van der Waals surface area contributed by atoms with Gasteiger partial charge in [-0.1, -0.05) is 11.6 Å². The van der Waals surface area contributed by atoms with Crippen molar-refractivity contribution >= 4 is 17.4 Å². The Morgan fingerprint density at radius 1 is 1.32 bits per heavy atom. The number of aromatic nitrogens is 1. The first kappa shape index (κ1) is 17.3. The van der Waals surface area contributed by atoms with Crippen LogP contribution in [0, 0.1) is 0 Å². The van der Waals surface area contributed by atoms with Gasteiger partial charge in [0, 0.05) is 45.0 Å². The highest BCUT2D eigenvalue weighted by Crippen LogP contribution is 2.32. The zero-order valence-electron chi connectivity index (χ0n) is 12.6. The van der Waals surface area contributed by atoms with E-state index in [4.69, 9.17) is 11.6 Å². The van der Waals surface area contributed by atoms with E-state index in [1.165, 1.54) is 0 Å². The van der Waals surface area contributed by atoms with Gasteiger partial charge < -0.3 is 10.2 Å². The predicted molar refractivity (Wildman–Crippen MR) is 81.3 cm³/mol. The van der Waals surface area contributed by atoms with Gasteiger partial charge >= 0.3 is 6.18 Å². The van der Waals surface area contributed by atoms with Gasteiger partial charge in [0.2, 0.25) is 0 Å². The highest BCUT2D eigenvalue weighted by molar-refractivity contribution is 6.32. The molecule has 1 aliphatic heterocycles. The fourth-order valence-electron chi connectivity index (χ4n) is 2.36. The Kier molecular flexibility index (Phi) is 5.52. The van der Waals surface area contributed by atoms with Crippen molar-refractivity contribution in [3.63, 3.8) is 0 Å². The molecule has 1 aromatic rings. The fourth-order valence-corrected chi connectivity index (χ4v) is 2.59. The Bertz CT molecular complexity index is 501. The number of halogens is 4. The molecule has 1 N–H and O–H groups in total. The van der Waals surface area contributed by atoms with E-state index in [9.17, 15) is 13.2 Å². The minimum Gasteiger partial charge on any atom is -0.367 e. The molecule has 124 valence electrons. The molecule has 0 aromatic carbocycles. The van der Waals surface area contributed by atoms with Gasteiger partial charge in [0.1, 0.15) is 5.82 Å². The number of nitrogens with one attached hydrogen (secondary N) is 1. The molecule has 0 aliphatic carbocycles. The molecule has 0 unspecified atom stereocenters. The second-order valence-electron chi connectivity index (χ2n) is 5.62. The Labute approximate surface area is 133 Å². The van der Waals surface area contributed by atoms with Crippen LogP contribution in [0.2, 0.25) is 5.02 Å². The molecule has 1 aliphatic rings. The summed E-state index contributed by atoms with van der Waals surface area (Å²) in [6.45, 7) is 6.66. The minimum absolute atomic E-state index is 0.0135. The van der Waals surface area contributed by atoms with Crippen LogP contribution >= 0.6 is 11.6 Å². The highest BCUT2D eigenvalue weighted by Gasteiger charge is 2.31. The average Bonchev–Trinajstić information content (AvgIpc) is 2.45. The number of alkyl halides is 3. The van der Waals surface area contributed by atoms with Crippen LogP contribution in [-0.4, -0.2) is 60.6 Å². The predicted octanol–water partition coefficient (Wildman–Crippen LogP) is 2.80. The molecule has 1 atom stereocenters. The minimum atomic E-state index is -4.43. The van der Waals surface area contributed by atoms with Gasteiger partial charge in [-0.3, -0.25) is 4.90 Å². The molecule has 1 aromatic heterocycles. The van der Waals surface area contributed by atoms with Crippen LogP contribution < -0.4 is 5.32 Å². The van der Waals surface area contributed by atoms with Gasteiger partial charge in [-0.05, 0) is 20.0 Å². The number of pyridine rings is 1. The summed E-state index contributed by atoms with van der Waals surface area (Å²) in [4.78, 5) is 8.39. The molecule has 1 saturated heterocycles. The molecule has 0 radical (unpaired) electrons. The number of rotatable bonds is 4.